The summed E-state index contributed by atoms with van der Waals surface area (Å²) in [5.41, 5.74) is 1.32. The fourth-order valence-electron chi connectivity index (χ4n) is 3.59. The first kappa shape index (κ1) is 14.6. The van der Waals surface area contributed by atoms with Gasteiger partial charge in [0.2, 0.25) is 0 Å². The molecule has 0 unspecified atom stereocenters. The summed E-state index contributed by atoms with van der Waals surface area (Å²) >= 11 is 0. The molecule has 1 atom stereocenters. The Labute approximate surface area is 126 Å². The number of hydrogen-bond donors (Lipinski definition) is 0. The highest BCUT2D eigenvalue weighted by atomic mass is 16.5. The minimum Gasteiger partial charge on any atom is -0.493 e. The summed E-state index contributed by atoms with van der Waals surface area (Å²) in [6, 6.07) is 1.84. The number of pyridine rings is 1. The third-order valence-electron chi connectivity index (χ3n) is 4.67. The summed E-state index contributed by atoms with van der Waals surface area (Å²) < 4.78 is 16.5. The Morgan fingerprint density at radius 2 is 2.24 bits per heavy atom. The Kier molecular flexibility index (Phi) is 4.31. The van der Waals surface area contributed by atoms with E-state index in [9.17, 15) is 0 Å². The van der Waals surface area contributed by atoms with Crippen molar-refractivity contribution in [2.45, 2.75) is 25.8 Å². The van der Waals surface area contributed by atoms with Crippen LogP contribution in [0, 0.1) is 5.41 Å². The molecule has 1 aromatic rings. The molecule has 0 N–H and O–H groups in total. The van der Waals surface area contributed by atoms with Crippen molar-refractivity contribution in [1.29, 1.82) is 0 Å². The predicted octanol–water partition coefficient (Wildman–Crippen LogP) is 2.10. The van der Waals surface area contributed by atoms with Gasteiger partial charge in [-0.25, -0.2) is 0 Å². The van der Waals surface area contributed by atoms with Gasteiger partial charge in [-0.15, -0.1) is 0 Å². The molecule has 2 fully saturated rings. The number of rotatable bonds is 4. The zero-order chi connectivity index (χ0) is 14.7. The second-order valence-electron chi connectivity index (χ2n) is 6.11. The first-order valence-electron chi connectivity index (χ1n) is 7.62. The van der Waals surface area contributed by atoms with Crippen LogP contribution in [0.15, 0.2) is 12.3 Å². The van der Waals surface area contributed by atoms with Crippen molar-refractivity contribution in [3.63, 3.8) is 0 Å². The molecule has 5 nitrogen and oxygen atoms in total. The SMILES string of the molecule is COc1ccnc(CN2CCC[C@]3(CCOC3)C2)c1OC. The Morgan fingerprint density at radius 3 is 2.95 bits per heavy atom. The quantitative estimate of drug-likeness (QED) is 0.850. The summed E-state index contributed by atoms with van der Waals surface area (Å²) in [7, 11) is 3.33. The van der Waals surface area contributed by atoms with Crippen molar-refractivity contribution >= 4 is 0 Å². The van der Waals surface area contributed by atoms with Crippen molar-refractivity contribution in [2.24, 2.45) is 5.41 Å². The van der Waals surface area contributed by atoms with Gasteiger partial charge in [0.1, 0.15) is 5.69 Å². The van der Waals surface area contributed by atoms with Gasteiger partial charge in [-0.3, -0.25) is 9.88 Å². The van der Waals surface area contributed by atoms with Crippen LogP contribution in [0.5, 0.6) is 11.5 Å². The molecular weight excluding hydrogens is 268 g/mol. The minimum atomic E-state index is 0.365. The number of nitrogens with zero attached hydrogens (tertiary/aromatic N) is 2. The standard InChI is InChI=1S/C16H24N2O3/c1-19-14-4-7-17-13(15(14)20-2)10-18-8-3-5-16(11-18)6-9-21-12-16/h4,7H,3,5-6,8-12H2,1-2H3/t16-/m0/s1. The molecular formula is C16H24N2O3. The van der Waals surface area contributed by atoms with Crippen molar-refractivity contribution < 1.29 is 14.2 Å². The maximum absolute atomic E-state index is 5.63. The van der Waals surface area contributed by atoms with Crippen molar-refractivity contribution in [3.8, 4) is 11.5 Å². The second-order valence-corrected chi connectivity index (χ2v) is 6.11. The zero-order valence-corrected chi connectivity index (χ0v) is 12.9. The molecule has 0 radical (unpaired) electrons. The molecule has 5 heteroatoms. The fraction of sp³-hybridized carbons (Fsp3) is 0.688. The molecule has 0 saturated carbocycles. The Morgan fingerprint density at radius 1 is 1.33 bits per heavy atom. The van der Waals surface area contributed by atoms with Crippen LogP contribution in [-0.2, 0) is 11.3 Å². The van der Waals surface area contributed by atoms with Gasteiger partial charge >= 0.3 is 0 Å². The van der Waals surface area contributed by atoms with E-state index in [1.54, 1.807) is 20.4 Å². The van der Waals surface area contributed by atoms with Crippen molar-refractivity contribution in [1.82, 2.24) is 9.88 Å². The maximum atomic E-state index is 5.63. The topological polar surface area (TPSA) is 43.8 Å². The maximum Gasteiger partial charge on any atom is 0.183 e. The minimum absolute atomic E-state index is 0.365. The largest absolute Gasteiger partial charge is 0.493 e. The van der Waals surface area contributed by atoms with Gasteiger partial charge in [0, 0.05) is 37.4 Å². The van der Waals surface area contributed by atoms with E-state index in [2.05, 4.69) is 9.88 Å². The lowest BCUT2D eigenvalue weighted by molar-refractivity contribution is 0.0633. The van der Waals surface area contributed by atoms with Crippen LogP contribution in [0.2, 0.25) is 0 Å². The first-order valence-corrected chi connectivity index (χ1v) is 7.62. The fourth-order valence-corrected chi connectivity index (χ4v) is 3.59. The molecule has 2 aliphatic heterocycles. The lowest BCUT2D eigenvalue weighted by atomic mass is 9.79. The highest BCUT2D eigenvalue weighted by Gasteiger charge is 2.39. The third-order valence-corrected chi connectivity index (χ3v) is 4.67. The van der Waals surface area contributed by atoms with Crippen LogP contribution in [0.3, 0.4) is 0 Å². The number of piperidine rings is 1. The van der Waals surface area contributed by atoms with Crippen LogP contribution in [-0.4, -0.2) is 50.4 Å². The Balaban J connectivity index is 1.74. The summed E-state index contributed by atoms with van der Waals surface area (Å²) in [5.74, 6) is 1.50. The molecule has 21 heavy (non-hydrogen) atoms. The molecule has 2 saturated heterocycles. The van der Waals surface area contributed by atoms with E-state index in [1.165, 1.54) is 19.3 Å². The Bertz CT molecular complexity index is 486. The summed E-state index contributed by atoms with van der Waals surface area (Å²) in [6.45, 7) is 4.84. The van der Waals surface area contributed by atoms with Gasteiger partial charge in [0.05, 0.1) is 20.8 Å². The van der Waals surface area contributed by atoms with Gasteiger partial charge in [0.15, 0.2) is 11.5 Å². The van der Waals surface area contributed by atoms with Gasteiger partial charge in [-0.1, -0.05) is 0 Å². The average molecular weight is 292 g/mol. The molecule has 1 aromatic heterocycles. The monoisotopic (exact) mass is 292 g/mol. The van der Waals surface area contributed by atoms with Crippen LogP contribution in [0.4, 0.5) is 0 Å². The van der Waals surface area contributed by atoms with E-state index >= 15 is 0 Å². The molecule has 3 heterocycles. The van der Waals surface area contributed by atoms with Crippen LogP contribution < -0.4 is 9.47 Å². The summed E-state index contributed by atoms with van der Waals surface area (Å²) in [4.78, 5) is 6.96. The van der Waals surface area contributed by atoms with Gasteiger partial charge in [-0.2, -0.15) is 0 Å². The summed E-state index contributed by atoms with van der Waals surface area (Å²) in [6.07, 6.45) is 5.49. The number of aromatic nitrogens is 1. The van der Waals surface area contributed by atoms with Crippen LogP contribution in [0.25, 0.3) is 0 Å². The van der Waals surface area contributed by atoms with E-state index in [4.69, 9.17) is 14.2 Å². The number of hydrogen-bond acceptors (Lipinski definition) is 5. The molecule has 0 aliphatic carbocycles. The van der Waals surface area contributed by atoms with Gasteiger partial charge in [0.25, 0.3) is 0 Å². The van der Waals surface area contributed by atoms with Crippen LogP contribution >= 0.6 is 0 Å². The number of ether oxygens (including phenoxy) is 3. The third kappa shape index (κ3) is 2.99. The van der Waals surface area contributed by atoms with Gasteiger partial charge < -0.3 is 14.2 Å². The predicted molar refractivity (Wildman–Crippen MR) is 79.7 cm³/mol. The molecule has 1 spiro atoms. The molecule has 116 valence electrons. The van der Waals surface area contributed by atoms with Crippen LogP contribution in [0.1, 0.15) is 25.0 Å². The Hall–Kier alpha value is -1.33. The van der Waals surface area contributed by atoms with E-state index < -0.39 is 0 Å². The first-order chi connectivity index (χ1) is 10.3. The number of methoxy groups -OCH3 is 2. The highest BCUT2D eigenvalue weighted by Crippen LogP contribution is 2.38. The summed E-state index contributed by atoms with van der Waals surface area (Å²) in [5, 5.41) is 0. The van der Waals surface area contributed by atoms with E-state index in [-0.39, 0.29) is 0 Å². The molecule has 0 bridgehead atoms. The van der Waals surface area contributed by atoms with Crippen molar-refractivity contribution in [2.75, 3.05) is 40.5 Å². The molecule has 3 rings (SSSR count). The number of likely N-dealkylation sites (tertiary alicyclic amines) is 1. The molecule has 0 aromatic carbocycles. The smallest absolute Gasteiger partial charge is 0.183 e. The lowest BCUT2D eigenvalue weighted by Gasteiger charge is -2.39. The second kappa shape index (κ2) is 6.20. The van der Waals surface area contributed by atoms with E-state index in [0.717, 1.165) is 50.0 Å². The normalized spacial score (nSPS) is 26.2. The van der Waals surface area contributed by atoms with E-state index in [0.29, 0.717) is 5.41 Å². The molecule has 2 aliphatic rings. The highest BCUT2D eigenvalue weighted by molar-refractivity contribution is 5.42. The average Bonchev–Trinajstić information content (AvgIpc) is 2.94. The van der Waals surface area contributed by atoms with Gasteiger partial charge in [-0.05, 0) is 25.8 Å². The van der Waals surface area contributed by atoms with Crippen molar-refractivity contribution in [3.05, 3.63) is 18.0 Å². The zero-order valence-electron chi connectivity index (χ0n) is 12.9. The molecule has 0 amide bonds. The van der Waals surface area contributed by atoms with E-state index in [1.807, 2.05) is 6.07 Å². The lowest BCUT2D eigenvalue weighted by Crippen LogP contribution is -2.43.